The zero-order valence-corrected chi connectivity index (χ0v) is 15.3. The van der Waals surface area contributed by atoms with Crippen LogP contribution in [0.1, 0.15) is 23.6 Å². The van der Waals surface area contributed by atoms with E-state index >= 15 is 0 Å². The van der Waals surface area contributed by atoms with Crippen molar-refractivity contribution in [1.29, 1.82) is 0 Å². The van der Waals surface area contributed by atoms with E-state index in [1.54, 1.807) is 12.1 Å². The minimum atomic E-state index is -3.82. The average Bonchev–Trinajstić information content (AvgIpc) is 2.61. The van der Waals surface area contributed by atoms with Crippen LogP contribution < -0.4 is 15.0 Å². The summed E-state index contributed by atoms with van der Waals surface area (Å²) < 4.78 is 29.7. The van der Waals surface area contributed by atoms with Crippen LogP contribution in [0.2, 0.25) is 0 Å². The molecular formula is C18H22N2O4S. The van der Waals surface area contributed by atoms with E-state index in [0.717, 1.165) is 23.1 Å². The molecule has 0 radical (unpaired) electrons. The fraction of sp³-hybridized carbons (Fsp3) is 0.278. The van der Waals surface area contributed by atoms with Crippen LogP contribution >= 0.6 is 0 Å². The summed E-state index contributed by atoms with van der Waals surface area (Å²) in [4.78, 5) is 14.0. The van der Waals surface area contributed by atoms with Crippen LogP contribution in [0.3, 0.4) is 0 Å². The predicted molar refractivity (Wildman–Crippen MR) is 95.7 cm³/mol. The maximum absolute atomic E-state index is 12.1. The second-order valence-corrected chi connectivity index (χ2v) is 7.39. The molecule has 0 spiro atoms. The maximum atomic E-state index is 12.1. The maximum Gasteiger partial charge on any atom is 0.272 e. The molecule has 6 nitrogen and oxygen atoms in total. The fourth-order valence-corrected chi connectivity index (χ4v) is 2.99. The second kappa shape index (κ2) is 8.13. The fourth-order valence-electron chi connectivity index (χ4n) is 2.13. The molecule has 0 aliphatic carbocycles. The lowest BCUT2D eigenvalue weighted by molar-refractivity contribution is -0.123. The molecule has 0 atom stereocenters. The monoisotopic (exact) mass is 362 g/mol. The lowest BCUT2D eigenvalue weighted by Crippen LogP contribution is -2.43. The Kier molecular flexibility index (Phi) is 6.17. The first-order valence-corrected chi connectivity index (χ1v) is 9.40. The van der Waals surface area contributed by atoms with Gasteiger partial charge in [-0.3, -0.25) is 10.2 Å². The zero-order chi connectivity index (χ0) is 18.4. The average molecular weight is 362 g/mol. The van der Waals surface area contributed by atoms with E-state index in [-0.39, 0.29) is 11.5 Å². The van der Waals surface area contributed by atoms with Crippen LogP contribution in [-0.4, -0.2) is 20.9 Å². The topological polar surface area (TPSA) is 84.5 Å². The number of hydrogen-bond acceptors (Lipinski definition) is 4. The van der Waals surface area contributed by atoms with Gasteiger partial charge in [-0.15, -0.1) is 4.83 Å². The highest BCUT2D eigenvalue weighted by Crippen LogP contribution is 2.18. The number of ether oxygens (including phenoxy) is 1. The molecule has 1 amide bonds. The summed E-state index contributed by atoms with van der Waals surface area (Å²) in [5.41, 5.74) is 5.09. The molecule has 0 aliphatic heterocycles. The highest BCUT2D eigenvalue weighted by Gasteiger charge is 2.15. The van der Waals surface area contributed by atoms with Gasteiger partial charge in [0.2, 0.25) is 0 Å². The van der Waals surface area contributed by atoms with Gasteiger partial charge in [-0.25, -0.2) is 8.42 Å². The first-order valence-electron chi connectivity index (χ1n) is 7.91. The van der Waals surface area contributed by atoms with E-state index in [9.17, 15) is 13.2 Å². The van der Waals surface area contributed by atoms with Crippen molar-refractivity contribution in [1.82, 2.24) is 10.3 Å². The molecule has 2 aromatic carbocycles. The molecule has 0 fully saturated rings. The number of carbonyl (C=O) groups excluding carboxylic acids is 1. The largest absolute Gasteiger partial charge is 0.483 e. The standard InChI is InChI=1S/C18H22N2O4S/c1-4-15-7-9-16(10-8-15)25(22,23)20-19-18(21)12-24-17-11-13(2)5-6-14(17)3/h5-11,20H,4,12H2,1-3H3,(H,19,21). The minimum absolute atomic E-state index is 0.0837. The van der Waals surface area contributed by atoms with Crippen molar-refractivity contribution in [3.63, 3.8) is 0 Å². The van der Waals surface area contributed by atoms with Crippen LogP contribution in [0.15, 0.2) is 47.4 Å². The van der Waals surface area contributed by atoms with Gasteiger partial charge in [0, 0.05) is 0 Å². The molecule has 134 valence electrons. The quantitative estimate of drug-likeness (QED) is 0.740. The Morgan fingerprint density at radius 1 is 1.08 bits per heavy atom. The first kappa shape index (κ1) is 19.0. The van der Waals surface area contributed by atoms with Crippen molar-refractivity contribution < 1.29 is 17.9 Å². The normalized spacial score (nSPS) is 11.2. The van der Waals surface area contributed by atoms with Gasteiger partial charge in [0.15, 0.2) is 6.61 Å². The van der Waals surface area contributed by atoms with Crippen molar-refractivity contribution >= 4 is 15.9 Å². The molecule has 2 N–H and O–H groups in total. The Morgan fingerprint density at radius 2 is 1.76 bits per heavy atom. The molecule has 25 heavy (non-hydrogen) atoms. The SMILES string of the molecule is CCc1ccc(S(=O)(=O)NNC(=O)COc2cc(C)ccc2C)cc1. The Labute approximate surface area is 148 Å². The number of sulfonamides is 1. The molecular weight excluding hydrogens is 340 g/mol. The van der Waals surface area contributed by atoms with Gasteiger partial charge in [-0.05, 0) is 55.2 Å². The van der Waals surface area contributed by atoms with Crippen LogP contribution in [0.4, 0.5) is 0 Å². The highest BCUT2D eigenvalue weighted by atomic mass is 32.2. The molecule has 2 rings (SSSR count). The van der Waals surface area contributed by atoms with Crippen LogP contribution in [-0.2, 0) is 21.2 Å². The summed E-state index contributed by atoms with van der Waals surface area (Å²) in [7, 11) is -3.82. The van der Waals surface area contributed by atoms with Crippen molar-refractivity contribution in [2.45, 2.75) is 32.1 Å². The smallest absolute Gasteiger partial charge is 0.272 e. The van der Waals surface area contributed by atoms with Crippen molar-refractivity contribution in [2.75, 3.05) is 6.61 Å². The molecule has 0 unspecified atom stereocenters. The first-order chi connectivity index (χ1) is 11.8. The molecule has 0 aromatic heterocycles. The van der Waals surface area contributed by atoms with Crippen LogP contribution in [0, 0.1) is 13.8 Å². The summed E-state index contributed by atoms with van der Waals surface area (Å²) in [5.74, 6) is 0.00261. The highest BCUT2D eigenvalue weighted by molar-refractivity contribution is 7.89. The van der Waals surface area contributed by atoms with Crippen LogP contribution in [0.25, 0.3) is 0 Å². The summed E-state index contributed by atoms with van der Waals surface area (Å²) in [6, 6.07) is 12.1. The van der Waals surface area contributed by atoms with Crippen molar-refractivity contribution in [3.8, 4) is 5.75 Å². The number of amides is 1. The number of benzene rings is 2. The van der Waals surface area contributed by atoms with Crippen molar-refractivity contribution in [2.24, 2.45) is 0 Å². The summed E-state index contributed by atoms with van der Waals surface area (Å²) in [6.07, 6.45) is 0.820. The summed E-state index contributed by atoms with van der Waals surface area (Å²) >= 11 is 0. The van der Waals surface area contributed by atoms with Gasteiger partial charge in [0.1, 0.15) is 5.75 Å². The molecule has 0 saturated heterocycles. The number of aryl methyl sites for hydroxylation is 3. The number of carbonyl (C=O) groups is 1. The van der Waals surface area contributed by atoms with E-state index in [1.165, 1.54) is 12.1 Å². The Balaban J connectivity index is 1.91. The number of hydrogen-bond donors (Lipinski definition) is 2. The Bertz CT molecular complexity index is 846. The van der Waals surface area contributed by atoms with Gasteiger partial charge in [0.05, 0.1) is 4.90 Å². The number of rotatable bonds is 7. The zero-order valence-electron chi connectivity index (χ0n) is 14.5. The van der Waals surface area contributed by atoms with E-state index in [2.05, 4.69) is 10.3 Å². The minimum Gasteiger partial charge on any atom is -0.483 e. The molecule has 0 saturated carbocycles. The number of hydrazine groups is 1. The third-order valence-corrected chi connectivity index (χ3v) is 4.93. The van der Waals surface area contributed by atoms with Gasteiger partial charge in [-0.1, -0.05) is 31.2 Å². The lowest BCUT2D eigenvalue weighted by Gasteiger charge is -2.11. The van der Waals surface area contributed by atoms with E-state index in [1.807, 2.05) is 39.0 Å². The summed E-state index contributed by atoms with van der Waals surface area (Å²) in [5, 5.41) is 0. The molecule has 7 heteroatoms. The van der Waals surface area contributed by atoms with E-state index in [0.29, 0.717) is 5.75 Å². The van der Waals surface area contributed by atoms with E-state index < -0.39 is 15.9 Å². The van der Waals surface area contributed by atoms with Gasteiger partial charge in [-0.2, -0.15) is 0 Å². The number of nitrogens with one attached hydrogen (secondary N) is 2. The Hall–Kier alpha value is -2.38. The van der Waals surface area contributed by atoms with Gasteiger partial charge >= 0.3 is 0 Å². The van der Waals surface area contributed by atoms with Gasteiger partial charge < -0.3 is 4.74 Å². The van der Waals surface area contributed by atoms with Crippen LogP contribution in [0.5, 0.6) is 5.75 Å². The molecule has 0 aliphatic rings. The van der Waals surface area contributed by atoms with Crippen molar-refractivity contribution in [3.05, 3.63) is 59.2 Å². The molecule has 2 aromatic rings. The third kappa shape index (κ3) is 5.30. The predicted octanol–water partition coefficient (Wildman–Crippen LogP) is 2.25. The molecule has 0 bridgehead atoms. The van der Waals surface area contributed by atoms with E-state index in [4.69, 9.17) is 4.74 Å². The second-order valence-electron chi connectivity index (χ2n) is 5.71. The third-order valence-electron chi connectivity index (χ3n) is 3.67. The lowest BCUT2D eigenvalue weighted by atomic mass is 10.1. The summed E-state index contributed by atoms with van der Waals surface area (Å²) in [6.45, 7) is 5.49. The Morgan fingerprint density at radius 3 is 2.40 bits per heavy atom. The van der Waals surface area contributed by atoms with Gasteiger partial charge in [0.25, 0.3) is 15.9 Å². The molecule has 0 heterocycles.